The molecule has 2 aliphatic heterocycles. The molecule has 1 fully saturated rings. The Hall–Kier alpha value is -1.79. The van der Waals surface area contributed by atoms with Gasteiger partial charge in [-0.05, 0) is 37.6 Å². The van der Waals surface area contributed by atoms with Gasteiger partial charge in [0.05, 0.1) is 12.8 Å². The smallest absolute Gasteiger partial charge is 0.268 e. The van der Waals surface area contributed by atoms with Crippen LogP contribution in [0.4, 0.5) is 5.69 Å². The molecule has 2 heterocycles. The van der Waals surface area contributed by atoms with Crippen molar-refractivity contribution >= 4 is 46.0 Å². The summed E-state index contributed by atoms with van der Waals surface area (Å²) in [4.78, 5) is 17.5. The van der Waals surface area contributed by atoms with Crippen molar-refractivity contribution in [3.63, 3.8) is 0 Å². The normalized spacial score (nSPS) is 19.6. The van der Waals surface area contributed by atoms with Crippen LogP contribution in [0.5, 0.6) is 5.75 Å². The van der Waals surface area contributed by atoms with Crippen LogP contribution in [0.3, 0.4) is 0 Å². The Morgan fingerprint density at radius 2 is 2.00 bits per heavy atom. The van der Waals surface area contributed by atoms with Crippen molar-refractivity contribution < 1.29 is 9.53 Å². The molecule has 1 saturated heterocycles. The lowest BCUT2D eigenvalue weighted by Gasteiger charge is -2.30. The van der Waals surface area contributed by atoms with Crippen molar-refractivity contribution in [2.75, 3.05) is 25.1 Å². The van der Waals surface area contributed by atoms with Crippen LogP contribution in [0, 0.1) is 0 Å². The highest BCUT2D eigenvalue weighted by Crippen LogP contribution is 2.40. The van der Waals surface area contributed by atoms with Gasteiger partial charge in [0.25, 0.3) is 5.91 Å². The summed E-state index contributed by atoms with van der Waals surface area (Å²) in [5.74, 6) is 0.854. The topological polar surface area (TPSA) is 32.8 Å². The van der Waals surface area contributed by atoms with Gasteiger partial charge in [-0.3, -0.25) is 9.69 Å². The molecular formula is C19H22N2O2S2. The molecule has 0 aromatic heterocycles. The third-order valence-corrected chi connectivity index (χ3v) is 5.82. The number of hydrogen-bond donors (Lipinski definition) is 0. The molecule has 132 valence electrons. The van der Waals surface area contributed by atoms with E-state index in [-0.39, 0.29) is 5.91 Å². The molecular weight excluding hydrogens is 352 g/mol. The Kier molecular flexibility index (Phi) is 5.49. The van der Waals surface area contributed by atoms with Gasteiger partial charge in [0.2, 0.25) is 0 Å². The summed E-state index contributed by atoms with van der Waals surface area (Å²) in [6.07, 6.45) is 6.06. The molecule has 0 bridgehead atoms. The number of allylic oxidation sites excluding steroid dienone is 1. The molecule has 0 N–H and O–H groups in total. The maximum Gasteiger partial charge on any atom is 0.268 e. The maximum absolute atomic E-state index is 12.9. The van der Waals surface area contributed by atoms with Crippen LogP contribution in [0.1, 0.15) is 32.3 Å². The summed E-state index contributed by atoms with van der Waals surface area (Å²) in [5.41, 5.74) is 3.10. The van der Waals surface area contributed by atoms with Crippen LogP contribution >= 0.6 is 24.0 Å². The Morgan fingerprint density at radius 3 is 2.68 bits per heavy atom. The lowest BCUT2D eigenvalue weighted by Crippen LogP contribution is -2.31. The van der Waals surface area contributed by atoms with Gasteiger partial charge < -0.3 is 9.64 Å². The Morgan fingerprint density at radius 1 is 1.20 bits per heavy atom. The monoisotopic (exact) mass is 374 g/mol. The highest BCUT2D eigenvalue weighted by molar-refractivity contribution is 8.26. The van der Waals surface area contributed by atoms with Crippen LogP contribution in [-0.2, 0) is 4.79 Å². The highest BCUT2D eigenvalue weighted by atomic mass is 32.2. The van der Waals surface area contributed by atoms with Crippen molar-refractivity contribution in [2.24, 2.45) is 0 Å². The number of likely N-dealkylation sites (N-methyl/N-ethyl adjacent to an activating group) is 1. The van der Waals surface area contributed by atoms with E-state index < -0.39 is 0 Å². The number of methoxy groups -OCH3 is 1. The number of fused-ring (bicyclic) bond motifs is 1. The van der Waals surface area contributed by atoms with E-state index in [4.69, 9.17) is 17.0 Å². The lowest BCUT2D eigenvalue weighted by atomic mass is 10.0. The SMILES string of the molecule is CCCCN1C(=O)C(=C2C=Cc3cc(OC)ccc3N2CC)SC1=S. The average Bonchev–Trinajstić information content (AvgIpc) is 2.92. The molecule has 4 nitrogen and oxygen atoms in total. The zero-order valence-corrected chi connectivity index (χ0v) is 16.4. The molecule has 0 radical (unpaired) electrons. The van der Waals surface area contributed by atoms with Crippen molar-refractivity contribution in [3.05, 3.63) is 40.4 Å². The van der Waals surface area contributed by atoms with Crippen LogP contribution in [0.15, 0.2) is 34.9 Å². The highest BCUT2D eigenvalue weighted by Gasteiger charge is 2.35. The number of benzene rings is 1. The van der Waals surface area contributed by atoms with Crippen molar-refractivity contribution in [1.29, 1.82) is 0 Å². The predicted octanol–water partition coefficient (Wildman–Crippen LogP) is 4.42. The quantitative estimate of drug-likeness (QED) is 0.563. The first kappa shape index (κ1) is 18.0. The van der Waals surface area contributed by atoms with Crippen molar-refractivity contribution in [2.45, 2.75) is 26.7 Å². The van der Waals surface area contributed by atoms with Crippen LogP contribution in [-0.4, -0.2) is 35.3 Å². The Balaban J connectivity index is 1.99. The van der Waals surface area contributed by atoms with E-state index in [2.05, 4.69) is 18.7 Å². The first-order valence-corrected chi connectivity index (χ1v) is 9.74. The second-order valence-electron chi connectivity index (χ2n) is 5.90. The third kappa shape index (κ3) is 3.33. The van der Waals surface area contributed by atoms with E-state index >= 15 is 0 Å². The van der Waals surface area contributed by atoms with E-state index in [1.165, 1.54) is 11.8 Å². The summed E-state index contributed by atoms with van der Waals surface area (Å²) in [6.45, 7) is 5.68. The lowest BCUT2D eigenvalue weighted by molar-refractivity contribution is -0.122. The van der Waals surface area contributed by atoms with E-state index in [9.17, 15) is 4.79 Å². The van der Waals surface area contributed by atoms with Gasteiger partial charge in [0.1, 0.15) is 15.0 Å². The predicted molar refractivity (Wildman–Crippen MR) is 109 cm³/mol. The van der Waals surface area contributed by atoms with Gasteiger partial charge in [-0.25, -0.2) is 0 Å². The minimum atomic E-state index is 0.0264. The number of thiocarbonyl (C=S) groups is 1. The summed E-state index contributed by atoms with van der Waals surface area (Å²) in [6, 6.07) is 6.00. The minimum Gasteiger partial charge on any atom is -0.497 e. The van der Waals surface area contributed by atoms with E-state index in [1.54, 1.807) is 12.0 Å². The fourth-order valence-electron chi connectivity index (χ4n) is 3.03. The van der Waals surface area contributed by atoms with Crippen LogP contribution in [0.25, 0.3) is 6.08 Å². The number of hydrogen-bond acceptors (Lipinski definition) is 5. The fourth-order valence-corrected chi connectivity index (χ4v) is 4.39. The number of rotatable bonds is 5. The molecule has 0 aliphatic carbocycles. The van der Waals surface area contributed by atoms with Crippen molar-refractivity contribution in [3.8, 4) is 5.75 Å². The number of nitrogens with zero attached hydrogens (tertiary/aromatic N) is 2. The summed E-state index contributed by atoms with van der Waals surface area (Å²) in [5, 5.41) is 0. The molecule has 1 aromatic rings. The van der Waals surface area contributed by atoms with Crippen LogP contribution < -0.4 is 9.64 Å². The second-order valence-corrected chi connectivity index (χ2v) is 7.54. The number of thioether (sulfide) groups is 1. The fraction of sp³-hybridized carbons (Fsp3) is 0.368. The largest absolute Gasteiger partial charge is 0.497 e. The molecule has 0 saturated carbocycles. The first-order valence-electron chi connectivity index (χ1n) is 8.52. The Bertz CT molecular complexity index is 771. The molecule has 1 amide bonds. The molecule has 3 rings (SSSR count). The van der Waals surface area contributed by atoms with Gasteiger partial charge >= 0.3 is 0 Å². The van der Waals surface area contributed by atoms with Gasteiger partial charge in [0, 0.05) is 24.3 Å². The zero-order chi connectivity index (χ0) is 18.0. The summed E-state index contributed by atoms with van der Waals surface area (Å²) >= 11 is 6.85. The Labute approximate surface area is 158 Å². The van der Waals surface area contributed by atoms with E-state index in [0.717, 1.165) is 47.0 Å². The number of carbonyl (C=O) groups is 1. The maximum atomic E-state index is 12.9. The first-order chi connectivity index (χ1) is 12.1. The molecule has 6 heteroatoms. The average molecular weight is 375 g/mol. The van der Waals surface area contributed by atoms with E-state index in [1.807, 2.05) is 30.4 Å². The van der Waals surface area contributed by atoms with Gasteiger partial charge in [0.15, 0.2) is 0 Å². The van der Waals surface area contributed by atoms with Gasteiger partial charge in [-0.15, -0.1) is 0 Å². The molecule has 1 aromatic carbocycles. The standard InChI is InChI=1S/C19H22N2O2S2/c1-4-6-11-21-18(22)17(25-19(21)24)16-9-7-13-12-14(23-3)8-10-15(13)20(16)5-2/h7-10,12H,4-6,11H2,1-3H3. The van der Waals surface area contributed by atoms with Crippen molar-refractivity contribution in [1.82, 2.24) is 4.90 Å². The molecule has 0 spiro atoms. The number of unbranched alkanes of at least 4 members (excludes halogenated alkanes) is 1. The number of anilines is 1. The number of ether oxygens (including phenoxy) is 1. The van der Waals surface area contributed by atoms with Gasteiger partial charge in [-0.1, -0.05) is 43.4 Å². The number of amides is 1. The third-order valence-electron chi connectivity index (χ3n) is 4.37. The minimum absolute atomic E-state index is 0.0264. The molecule has 0 unspecified atom stereocenters. The second kappa shape index (κ2) is 7.62. The summed E-state index contributed by atoms with van der Waals surface area (Å²) in [7, 11) is 1.67. The number of carbonyl (C=O) groups excluding carboxylic acids is 1. The van der Waals surface area contributed by atoms with E-state index in [0.29, 0.717) is 10.9 Å². The molecule has 2 aliphatic rings. The molecule has 0 atom stereocenters. The summed E-state index contributed by atoms with van der Waals surface area (Å²) < 4.78 is 5.97. The van der Waals surface area contributed by atoms with Gasteiger partial charge in [-0.2, -0.15) is 0 Å². The zero-order valence-electron chi connectivity index (χ0n) is 14.7. The molecule has 25 heavy (non-hydrogen) atoms. The van der Waals surface area contributed by atoms with Crippen LogP contribution in [0.2, 0.25) is 0 Å².